The number of aromatic nitrogens is 1. The van der Waals surface area contributed by atoms with Crippen LogP contribution in [0.4, 0.5) is 14.5 Å². The van der Waals surface area contributed by atoms with Crippen LogP contribution in [0.15, 0.2) is 36.5 Å². The number of carbonyl (C=O) groups is 1. The van der Waals surface area contributed by atoms with Crippen LogP contribution in [0.1, 0.15) is 21.5 Å². The molecule has 0 radical (unpaired) electrons. The Morgan fingerprint density at radius 3 is 2.96 bits per heavy atom. The Morgan fingerprint density at radius 2 is 2.13 bits per heavy atom. The molecule has 1 aromatic carbocycles. The zero-order valence-corrected chi connectivity index (χ0v) is 12.1. The number of anilines is 1. The normalized spacial score (nSPS) is 13.0. The number of rotatable bonds is 5. The molecule has 3 rings (SSSR count). The minimum absolute atomic E-state index is 0.102. The molecule has 0 bridgehead atoms. The van der Waals surface area contributed by atoms with Crippen LogP contribution in [0.5, 0.6) is 5.88 Å². The predicted octanol–water partition coefficient (Wildman–Crippen LogP) is 3.01. The Kier molecular flexibility index (Phi) is 4.47. The molecule has 2 heterocycles. The first kappa shape index (κ1) is 15.4. The highest BCUT2D eigenvalue weighted by Gasteiger charge is 2.17. The van der Waals surface area contributed by atoms with Crippen LogP contribution in [-0.2, 0) is 18.0 Å². The third kappa shape index (κ3) is 3.62. The first-order valence-corrected chi connectivity index (χ1v) is 7.00. The highest BCUT2D eigenvalue weighted by Crippen LogP contribution is 2.24. The van der Waals surface area contributed by atoms with E-state index in [9.17, 15) is 13.6 Å². The summed E-state index contributed by atoms with van der Waals surface area (Å²) in [5.41, 5.74) is 2.81. The van der Waals surface area contributed by atoms with E-state index in [2.05, 4.69) is 10.3 Å². The summed E-state index contributed by atoms with van der Waals surface area (Å²) in [6, 6.07) is 8.49. The number of fused-ring (bicyclic) bond motifs is 1. The Balaban J connectivity index is 1.75. The minimum atomic E-state index is -2.63. The van der Waals surface area contributed by atoms with Crippen molar-refractivity contribution in [3.63, 3.8) is 0 Å². The maximum atomic E-state index is 12.3. The number of hydrogen-bond donors (Lipinski definition) is 1. The molecule has 7 heteroatoms. The van der Waals surface area contributed by atoms with E-state index in [4.69, 9.17) is 9.47 Å². The molecular formula is C16H14F2N2O3. The van der Waals surface area contributed by atoms with E-state index in [-0.39, 0.29) is 11.4 Å². The van der Waals surface area contributed by atoms with Crippen LogP contribution in [0, 0.1) is 0 Å². The average molecular weight is 320 g/mol. The van der Waals surface area contributed by atoms with Crippen LogP contribution < -0.4 is 10.1 Å². The zero-order valence-electron chi connectivity index (χ0n) is 12.1. The second-order valence-electron chi connectivity index (χ2n) is 4.99. The highest BCUT2D eigenvalue weighted by atomic mass is 19.3. The van der Waals surface area contributed by atoms with Gasteiger partial charge in [-0.15, -0.1) is 0 Å². The molecule has 1 N–H and O–H groups in total. The van der Waals surface area contributed by atoms with Crippen LogP contribution in [0.25, 0.3) is 0 Å². The minimum Gasteiger partial charge on any atom is -0.471 e. The van der Waals surface area contributed by atoms with E-state index in [1.807, 2.05) is 12.1 Å². The number of pyridine rings is 1. The number of benzene rings is 1. The van der Waals surface area contributed by atoms with E-state index >= 15 is 0 Å². The predicted molar refractivity (Wildman–Crippen MR) is 78.6 cm³/mol. The molecule has 1 amide bonds. The molecule has 0 atom stereocenters. The molecule has 120 valence electrons. The van der Waals surface area contributed by atoms with Crippen molar-refractivity contribution in [2.45, 2.75) is 19.6 Å². The molecule has 5 nitrogen and oxygen atoms in total. The topological polar surface area (TPSA) is 60.5 Å². The molecule has 0 aliphatic carbocycles. The van der Waals surface area contributed by atoms with Gasteiger partial charge in [0.15, 0.2) is 6.61 Å². The number of nitrogens with zero attached hydrogens (tertiary/aromatic N) is 1. The van der Waals surface area contributed by atoms with Gasteiger partial charge in [-0.1, -0.05) is 6.07 Å². The lowest BCUT2D eigenvalue weighted by Gasteiger charge is -2.11. The van der Waals surface area contributed by atoms with Gasteiger partial charge >= 0.3 is 0 Å². The molecule has 0 fully saturated rings. The van der Waals surface area contributed by atoms with E-state index in [0.717, 1.165) is 11.1 Å². The quantitative estimate of drug-likeness (QED) is 0.920. The van der Waals surface area contributed by atoms with Gasteiger partial charge in [0, 0.05) is 11.9 Å². The third-order valence-corrected chi connectivity index (χ3v) is 3.34. The molecule has 0 saturated carbocycles. The average Bonchev–Trinajstić information content (AvgIpc) is 3.00. The van der Waals surface area contributed by atoms with Crippen molar-refractivity contribution in [1.29, 1.82) is 0 Å². The lowest BCUT2D eigenvalue weighted by Crippen LogP contribution is -2.16. The summed E-state index contributed by atoms with van der Waals surface area (Å²) >= 11 is 0. The van der Waals surface area contributed by atoms with Gasteiger partial charge in [-0.05, 0) is 35.4 Å². The van der Waals surface area contributed by atoms with Crippen molar-refractivity contribution < 1.29 is 23.0 Å². The summed E-state index contributed by atoms with van der Waals surface area (Å²) in [4.78, 5) is 16.2. The number of nitrogens with one attached hydrogen (secondary N) is 1. The van der Waals surface area contributed by atoms with E-state index in [1.54, 1.807) is 12.1 Å². The maximum Gasteiger partial charge on any atom is 0.272 e. The van der Waals surface area contributed by atoms with Gasteiger partial charge in [0.05, 0.1) is 13.2 Å². The van der Waals surface area contributed by atoms with Crippen LogP contribution in [0.3, 0.4) is 0 Å². The van der Waals surface area contributed by atoms with Crippen molar-refractivity contribution in [2.24, 2.45) is 0 Å². The first-order valence-electron chi connectivity index (χ1n) is 7.00. The number of amides is 1. The fourth-order valence-corrected chi connectivity index (χ4v) is 2.27. The summed E-state index contributed by atoms with van der Waals surface area (Å²) in [6.07, 6.45) is -1.26. The fourth-order valence-electron chi connectivity index (χ4n) is 2.27. The van der Waals surface area contributed by atoms with Gasteiger partial charge < -0.3 is 14.8 Å². The molecule has 0 saturated heterocycles. The summed E-state index contributed by atoms with van der Waals surface area (Å²) in [5, 5.41) is 2.71. The molecule has 1 aliphatic rings. The van der Waals surface area contributed by atoms with Gasteiger partial charge in [0.2, 0.25) is 5.88 Å². The smallest absolute Gasteiger partial charge is 0.272 e. The lowest BCUT2D eigenvalue weighted by atomic mass is 10.1. The van der Waals surface area contributed by atoms with Gasteiger partial charge in [-0.25, -0.2) is 13.8 Å². The molecule has 0 unspecified atom stereocenters. The van der Waals surface area contributed by atoms with E-state index < -0.39 is 18.9 Å². The summed E-state index contributed by atoms with van der Waals surface area (Å²) in [7, 11) is 0. The first-order chi connectivity index (χ1) is 11.1. The second-order valence-corrected chi connectivity index (χ2v) is 4.99. The second kappa shape index (κ2) is 6.70. The van der Waals surface area contributed by atoms with Gasteiger partial charge in [0.25, 0.3) is 12.3 Å². The van der Waals surface area contributed by atoms with Crippen LogP contribution in [0.2, 0.25) is 0 Å². The number of halogens is 2. The Morgan fingerprint density at radius 1 is 1.30 bits per heavy atom. The fraction of sp³-hybridized carbons (Fsp3) is 0.250. The standard InChI is InChI=1S/C16H14F2N2O3/c17-14(18)9-23-16-13(2-1-5-19-16)15(21)20-12-4-3-10-7-22-8-11(10)6-12/h1-6,14H,7-9H2,(H,20,21). The third-order valence-electron chi connectivity index (χ3n) is 3.34. The molecule has 2 aromatic rings. The van der Waals surface area contributed by atoms with Crippen molar-refractivity contribution in [2.75, 3.05) is 11.9 Å². The van der Waals surface area contributed by atoms with Crippen molar-refractivity contribution in [3.05, 3.63) is 53.2 Å². The number of hydrogen-bond acceptors (Lipinski definition) is 4. The highest BCUT2D eigenvalue weighted by molar-refractivity contribution is 6.05. The summed E-state index contributed by atoms with van der Waals surface area (Å²) in [6.45, 7) is 0.264. The monoisotopic (exact) mass is 320 g/mol. The van der Waals surface area contributed by atoms with Crippen molar-refractivity contribution >= 4 is 11.6 Å². The lowest BCUT2D eigenvalue weighted by molar-refractivity contribution is 0.0780. The van der Waals surface area contributed by atoms with Crippen molar-refractivity contribution in [1.82, 2.24) is 4.98 Å². The number of alkyl halides is 2. The Labute approximate surface area is 131 Å². The van der Waals surface area contributed by atoms with Gasteiger partial charge in [0.1, 0.15) is 5.56 Å². The van der Waals surface area contributed by atoms with Gasteiger partial charge in [-0.3, -0.25) is 4.79 Å². The largest absolute Gasteiger partial charge is 0.471 e. The number of ether oxygens (including phenoxy) is 2. The Hall–Kier alpha value is -2.54. The van der Waals surface area contributed by atoms with Gasteiger partial charge in [-0.2, -0.15) is 0 Å². The van der Waals surface area contributed by atoms with E-state index in [0.29, 0.717) is 18.9 Å². The zero-order chi connectivity index (χ0) is 16.2. The molecule has 1 aliphatic heterocycles. The van der Waals surface area contributed by atoms with E-state index in [1.165, 1.54) is 12.3 Å². The Bertz CT molecular complexity index is 722. The molecule has 23 heavy (non-hydrogen) atoms. The molecule has 1 aromatic heterocycles. The molecular weight excluding hydrogens is 306 g/mol. The maximum absolute atomic E-state index is 12.3. The summed E-state index contributed by atoms with van der Waals surface area (Å²) < 4.78 is 34.7. The van der Waals surface area contributed by atoms with Crippen molar-refractivity contribution in [3.8, 4) is 5.88 Å². The van der Waals surface area contributed by atoms with Crippen LogP contribution >= 0.6 is 0 Å². The number of carbonyl (C=O) groups excluding carboxylic acids is 1. The molecule has 0 spiro atoms. The SMILES string of the molecule is O=C(Nc1ccc2c(c1)COC2)c1cccnc1OCC(F)F. The summed E-state index contributed by atoms with van der Waals surface area (Å²) in [5.74, 6) is -0.587. The van der Waals surface area contributed by atoms with Crippen LogP contribution in [-0.4, -0.2) is 23.9 Å².